The Bertz CT molecular complexity index is 495. The molecule has 0 aliphatic carbocycles. The highest BCUT2D eigenvalue weighted by atomic mass is 16.4. The first-order valence-corrected chi connectivity index (χ1v) is 7.20. The number of quaternary nitrogens is 1. The highest BCUT2D eigenvalue weighted by Crippen LogP contribution is 2.14. The van der Waals surface area contributed by atoms with Gasteiger partial charge in [0, 0.05) is 5.69 Å². The van der Waals surface area contributed by atoms with Crippen LogP contribution >= 0.6 is 0 Å². The minimum Gasteiger partial charge on any atom is -0.544 e. The Hall–Kier alpha value is -2.08. The van der Waals surface area contributed by atoms with Gasteiger partial charge < -0.3 is 25.2 Å². The van der Waals surface area contributed by atoms with Gasteiger partial charge in [0.05, 0.1) is 25.5 Å². The van der Waals surface area contributed by atoms with Crippen molar-refractivity contribution in [3.63, 3.8) is 0 Å². The number of rotatable bonds is 5. The molecule has 3 N–H and O–H groups in total. The number of nitrogens with one attached hydrogen (secondary N) is 2. The zero-order chi connectivity index (χ0) is 15.2. The van der Waals surface area contributed by atoms with E-state index in [0.717, 1.165) is 37.3 Å². The molecule has 6 nitrogen and oxygen atoms in total. The third kappa shape index (κ3) is 4.46. The number of aromatic hydroxyl groups is 1. The van der Waals surface area contributed by atoms with Crippen LogP contribution in [0.3, 0.4) is 0 Å². The first kappa shape index (κ1) is 15.3. The molecule has 6 heteroatoms. The van der Waals surface area contributed by atoms with E-state index >= 15 is 0 Å². The van der Waals surface area contributed by atoms with E-state index in [0.29, 0.717) is 5.69 Å². The second-order valence-corrected chi connectivity index (χ2v) is 5.39. The quantitative estimate of drug-likeness (QED) is 0.601. The van der Waals surface area contributed by atoms with Crippen LogP contribution < -0.4 is 15.3 Å². The van der Waals surface area contributed by atoms with Crippen molar-refractivity contribution in [1.29, 1.82) is 0 Å². The number of hydrogen-bond acceptors (Lipinski definition) is 4. The van der Waals surface area contributed by atoms with E-state index in [4.69, 9.17) is 0 Å². The van der Waals surface area contributed by atoms with E-state index in [-0.39, 0.29) is 18.1 Å². The average molecular weight is 292 g/mol. The molecule has 1 aromatic carbocycles. The lowest BCUT2D eigenvalue weighted by atomic mass is 10.1. The number of likely N-dealkylation sites (tertiary alicyclic amines) is 1. The van der Waals surface area contributed by atoms with Crippen LogP contribution in [0, 0.1) is 0 Å². The van der Waals surface area contributed by atoms with Gasteiger partial charge in [-0.25, -0.2) is 0 Å². The summed E-state index contributed by atoms with van der Waals surface area (Å²) in [4.78, 5) is 24.2. The van der Waals surface area contributed by atoms with Crippen LogP contribution in [-0.4, -0.2) is 36.1 Å². The Kier molecular flexibility index (Phi) is 5.16. The van der Waals surface area contributed by atoms with E-state index in [1.54, 1.807) is 12.1 Å². The monoisotopic (exact) mass is 292 g/mol. The highest BCUT2D eigenvalue weighted by Gasteiger charge is 2.27. The predicted molar refractivity (Wildman–Crippen MR) is 74.7 cm³/mol. The molecule has 1 heterocycles. The summed E-state index contributed by atoms with van der Waals surface area (Å²) in [5, 5.41) is 23.1. The van der Waals surface area contributed by atoms with Crippen molar-refractivity contribution in [1.82, 2.24) is 0 Å². The van der Waals surface area contributed by atoms with Crippen LogP contribution in [0.2, 0.25) is 0 Å². The number of phenolic OH excluding ortho intramolecular Hbond substituents is 1. The third-order valence-electron chi connectivity index (χ3n) is 3.81. The number of phenols is 1. The molecule has 1 saturated heterocycles. The normalized spacial score (nSPS) is 17.1. The molecule has 0 saturated carbocycles. The number of piperidine rings is 1. The molecule has 2 rings (SSSR count). The van der Waals surface area contributed by atoms with Gasteiger partial charge >= 0.3 is 0 Å². The Morgan fingerprint density at radius 3 is 2.38 bits per heavy atom. The fraction of sp³-hybridized carbons (Fsp3) is 0.467. The molecule has 1 atom stereocenters. The Balaban J connectivity index is 1.94. The van der Waals surface area contributed by atoms with Crippen molar-refractivity contribution in [3.05, 3.63) is 24.3 Å². The van der Waals surface area contributed by atoms with Crippen molar-refractivity contribution in [2.75, 3.05) is 18.4 Å². The fourth-order valence-electron chi connectivity index (χ4n) is 2.69. The molecule has 0 bridgehead atoms. The molecule has 1 fully saturated rings. The number of aliphatic carboxylic acids is 1. The van der Waals surface area contributed by atoms with Gasteiger partial charge in [0.2, 0.25) is 5.91 Å². The summed E-state index contributed by atoms with van der Waals surface area (Å²) in [5.41, 5.74) is 0.531. The van der Waals surface area contributed by atoms with Crippen molar-refractivity contribution in [2.24, 2.45) is 0 Å². The second-order valence-electron chi connectivity index (χ2n) is 5.39. The van der Waals surface area contributed by atoms with Gasteiger partial charge in [-0.05, 0) is 43.5 Å². The molecule has 1 aliphatic rings. The van der Waals surface area contributed by atoms with Gasteiger partial charge in [0.15, 0.2) is 0 Å². The van der Waals surface area contributed by atoms with E-state index in [1.807, 2.05) is 0 Å². The molecule has 1 amide bonds. The smallest absolute Gasteiger partial charge is 0.230 e. The number of benzene rings is 1. The molecule has 114 valence electrons. The van der Waals surface area contributed by atoms with Crippen LogP contribution in [0.15, 0.2) is 24.3 Å². The largest absolute Gasteiger partial charge is 0.544 e. The summed E-state index contributed by atoms with van der Waals surface area (Å²) in [6.45, 7) is 1.54. The number of carbonyl (C=O) groups excluding carboxylic acids is 2. The van der Waals surface area contributed by atoms with E-state index in [1.165, 1.54) is 12.1 Å². The van der Waals surface area contributed by atoms with Gasteiger partial charge in [-0.15, -0.1) is 0 Å². The minimum absolute atomic E-state index is 0.0987. The average Bonchev–Trinajstić information content (AvgIpc) is 2.48. The lowest BCUT2D eigenvalue weighted by Gasteiger charge is -2.31. The standard InChI is InChI=1S/C15H20N2O4/c18-12-6-4-11(5-7-12)16-14(19)10-13(15(20)21)17-8-2-1-3-9-17/h4-7,13,18H,1-3,8-10H2,(H,16,19)(H,20,21)/t13-/m0/s1. The van der Waals surface area contributed by atoms with Gasteiger partial charge in [-0.3, -0.25) is 4.79 Å². The minimum atomic E-state index is -1.17. The maximum absolute atomic E-state index is 12.0. The molecular weight excluding hydrogens is 272 g/mol. The molecule has 21 heavy (non-hydrogen) atoms. The summed E-state index contributed by atoms with van der Waals surface area (Å²) in [7, 11) is 0. The van der Waals surface area contributed by atoms with Crippen LogP contribution in [0.4, 0.5) is 5.69 Å². The summed E-state index contributed by atoms with van der Waals surface area (Å²) in [6.07, 6.45) is 2.99. The van der Waals surface area contributed by atoms with Gasteiger partial charge in [-0.2, -0.15) is 0 Å². The summed E-state index contributed by atoms with van der Waals surface area (Å²) in [6, 6.07) is 5.25. The van der Waals surface area contributed by atoms with Crippen molar-refractivity contribution < 1.29 is 24.7 Å². The van der Waals surface area contributed by atoms with Crippen molar-refractivity contribution in [2.45, 2.75) is 31.7 Å². The number of hydrogen-bond donors (Lipinski definition) is 3. The molecule has 0 radical (unpaired) electrons. The second kappa shape index (κ2) is 7.08. The number of carboxylic acid groups (broad SMARTS) is 1. The zero-order valence-corrected chi connectivity index (χ0v) is 11.8. The van der Waals surface area contributed by atoms with Crippen molar-refractivity contribution >= 4 is 17.6 Å². The predicted octanol–water partition coefficient (Wildman–Crippen LogP) is -1.09. The Morgan fingerprint density at radius 2 is 1.81 bits per heavy atom. The maximum atomic E-state index is 12.0. The number of carboxylic acids is 1. The Morgan fingerprint density at radius 1 is 1.19 bits per heavy atom. The van der Waals surface area contributed by atoms with Gasteiger partial charge in [0.25, 0.3) is 0 Å². The van der Waals surface area contributed by atoms with E-state index in [9.17, 15) is 19.8 Å². The number of carbonyl (C=O) groups is 2. The van der Waals surface area contributed by atoms with Crippen molar-refractivity contribution in [3.8, 4) is 5.75 Å². The van der Waals surface area contributed by atoms with E-state index in [2.05, 4.69) is 5.32 Å². The van der Waals surface area contributed by atoms with Gasteiger partial charge in [0.1, 0.15) is 11.8 Å². The third-order valence-corrected chi connectivity index (χ3v) is 3.81. The summed E-state index contributed by atoms with van der Waals surface area (Å²) in [5.74, 6) is -1.42. The highest BCUT2D eigenvalue weighted by molar-refractivity contribution is 5.93. The van der Waals surface area contributed by atoms with Crippen LogP contribution in [-0.2, 0) is 9.59 Å². The summed E-state index contributed by atoms with van der Waals surface area (Å²) >= 11 is 0. The van der Waals surface area contributed by atoms with Gasteiger partial charge in [-0.1, -0.05) is 0 Å². The SMILES string of the molecule is O=C(C[C@@H](C(=O)[O-])[NH+]1CCCCC1)Nc1ccc(O)cc1. The lowest BCUT2D eigenvalue weighted by Crippen LogP contribution is -3.18. The number of amides is 1. The summed E-state index contributed by atoms with van der Waals surface area (Å²) < 4.78 is 0. The first-order valence-electron chi connectivity index (χ1n) is 7.20. The maximum Gasteiger partial charge on any atom is 0.230 e. The lowest BCUT2D eigenvalue weighted by molar-refractivity contribution is -0.922. The molecule has 1 aromatic rings. The zero-order valence-electron chi connectivity index (χ0n) is 11.8. The Labute approximate surface area is 123 Å². The van der Waals surface area contributed by atoms with Crippen LogP contribution in [0.1, 0.15) is 25.7 Å². The fourth-order valence-corrected chi connectivity index (χ4v) is 2.69. The van der Waals surface area contributed by atoms with Crippen LogP contribution in [0.5, 0.6) is 5.75 Å². The topological polar surface area (TPSA) is 93.9 Å². The molecule has 0 unspecified atom stereocenters. The van der Waals surface area contributed by atoms with E-state index < -0.39 is 12.0 Å². The molecular formula is C15H20N2O4. The van der Waals surface area contributed by atoms with Crippen LogP contribution in [0.25, 0.3) is 0 Å². The molecule has 0 aromatic heterocycles. The molecule has 0 spiro atoms. The number of anilines is 1. The molecule has 1 aliphatic heterocycles. The first-order chi connectivity index (χ1) is 10.1.